The summed E-state index contributed by atoms with van der Waals surface area (Å²) in [6.45, 7) is 2.09. The van der Waals surface area contributed by atoms with Crippen molar-refractivity contribution in [3.05, 3.63) is 54.1 Å². The summed E-state index contributed by atoms with van der Waals surface area (Å²) >= 11 is 0. The van der Waals surface area contributed by atoms with Gasteiger partial charge in [-0.05, 0) is 44.1 Å². The van der Waals surface area contributed by atoms with Gasteiger partial charge < -0.3 is 20.5 Å². The molecular formula is C22H27N3O4. The zero-order valence-electron chi connectivity index (χ0n) is 16.6. The number of methoxy groups -OCH3 is 1. The number of nitrogens with zero attached hydrogens (tertiary/aromatic N) is 1. The van der Waals surface area contributed by atoms with E-state index in [1.54, 1.807) is 31.4 Å². The Hall–Kier alpha value is -3.06. The van der Waals surface area contributed by atoms with Gasteiger partial charge in [0.15, 0.2) is 0 Å². The van der Waals surface area contributed by atoms with Crippen LogP contribution in [0.2, 0.25) is 0 Å². The average Bonchev–Trinajstić information content (AvgIpc) is 2.74. The van der Waals surface area contributed by atoms with E-state index in [0.717, 1.165) is 11.3 Å². The number of anilines is 1. The Balaban J connectivity index is 1.41. The highest BCUT2D eigenvalue weighted by molar-refractivity contribution is 5.93. The lowest BCUT2D eigenvalue weighted by molar-refractivity contribution is -0.123. The lowest BCUT2D eigenvalue weighted by Crippen LogP contribution is -2.43. The monoisotopic (exact) mass is 397 g/mol. The highest BCUT2D eigenvalue weighted by Crippen LogP contribution is 2.24. The molecule has 3 N–H and O–H groups in total. The van der Waals surface area contributed by atoms with Gasteiger partial charge in [-0.25, -0.2) is 0 Å². The molecule has 1 aliphatic rings. The van der Waals surface area contributed by atoms with Crippen molar-refractivity contribution in [2.45, 2.75) is 19.4 Å². The lowest BCUT2D eigenvalue weighted by atomic mass is 9.95. The van der Waals surface area contributed by atoms with Crippen LogP contribution in [0.1, 0.15) is 18.4 Å². The molecule has 0 aromatic heterocycles. The highest BCUT2D eigenvalue weighted by Gasteiger charge is 2.26. The van der Waals surface area contributed by atoms with Crippen LogP contribution in [0.3, 0.4) is 0 Å². The minimum atomic E-state index is -0.123. The fourth-order valence-electron chi connectivity index (χ4n) is 3.47. The maximum atomic E-state index is 12.4. The SMILES string of the molecule is COc1ccccc1CNC(=O)CN1CCC(C(=O)Nc2ccccc2O)CC1. The maximum absolute atomic E-state index is 12.4. The van der Waals surface area contributed by atoms with Gasteiger partial charge in [-0.3, -0.25) is 14.5 Å². The number of amides is 2. The Labute approximate surface area is 170 Å². The number of hydrogen-bond donors (Lipinski definition) is 3. The number of carbonyl (C=O) groups excluding carboxylic acids is 2. The number of ether oxygens (including phenoxy) is 1. The van der Waals surface area contributed by atoms with E-state index in [1.807, 2.05) is 24.3 Å². The smallest absolute Gasteiger partial charge is 0.234 e. The van der Waals surface area contributed by atoms with Crippen LogP contribution in [-0.2, 0) is 16.1 Å². The van der Waals surface area contributed by atoms with Crippen molar-refractivity contribution in [3.63, 3.8) is 0 Å². The van der Waals surface area contributed by atoms with E-state index < -0.39 is 0 Å². The molecule has 1 saturated heterocycles. The zero-order chi connectivity index (χ0) is 20.6. The summed E-state index contributed by atoms with van der Waals surface area (Å²) in [5, 5.41) is 15.5. The van der Waals surface area contributed by atoms with Crippen molar-refractivity contribution >= 4 is 17.5 Å². The lowest BCUT2D eigenvalue weighted by Gasteiger charge is -2.30. The molecule has 0 atom stereocenters. The Kier molecular flexibility index (Phi) is 7.08. The van der Waals surface area contributed by atoms with Gasteiger partial charge in [0.05, 0.1) is 19.3 Å². The molecule has 0 saturated carbocycles. The molecular weight excluding hydrogens is 370 g/mol. The van der Waals surface area contributed by atoms with Crippen LogP contribution in [0.5, 0.6) is 11.5 Å². The second-order valence-electron chi connectivity index (χ2n) is 7.15. The van der Waals surface area contributed by atoms with Crippen LogP contribution in [0, 0.1) is 5.92 Å². The summed E-state index contributed by atoms with van der Waals surface area (Å²) in [5.74, 6) is 0.552. The summed E-state index contributed by atoms with van der Waals surface area (Å²) in [7, 11) is 1.61. The van der Waals surface area contributed by atoms with E-state index in [-0.39, 0.29) is 23.5 Å². The van der Waals surface area contributed by atoms with Crippen molar-refractivity contribution in [3.8, 4) is 11.5 Å². The number of phenolic OH excluding ortho intramolecular Hbond substituents is 1. The number of piperidine rings is 1. The molecule has 0 bridgehead atoms. The first-order valence-electron chi connectivity index (χ1n) is 9.76. The van der Waals surface area contributed by atoms with Crippen LogP contribution in [0.25, 0.3) is 0 Å². The minimum absolute atomic E-state index is 0.0481. The average molecular weight is 397 g/mol. The van der Waals surface area contributed by atoms with Crippen LogP contribution in [0.4, 0.5) is 5.69 Å². The van der Waals surface area contributed by atoms with Crippen LogP contribution < -0.4 is 15.4 Å². The molecule has 0 unspecified atom stereocenters. The molecule has 0 aliphatic carbocycles. The van der Waals surface area contributed by atoms with Crippen LogP contribution in [-0.4, -0.2) is 48.6 Å². The number of nitrogens with one attached hydrogen (secondary N) is 2. The Morgan fingerprint density at radius 2 is 1.79 bits per heavy atom. The number of carbonyl (C=O) groups is 2. The molecule has 1 heterocycles. The van der Waals surface area contributed by atoms with Gasteiger partial charge in [0.25, 0.3) is 0 Å². The summed E-state index contributed by atoms with van der Waals surface area (Å²) in [4.78, 5) is 26.8. The molecule has 7 heteroatoms. The maximum Gasteiger partial charge on any atom is 0.234 e. The molecule has 154 valence electrons. The number of para-hydroxylation sites is 3. The molecule has 3 rings (SSSR count). The molecule has 2 aromatic carbocycles. The third-order valence-electron chi connectivity index (χ3n) is 5.16. The Morgan fingerprint density at radius 1 is 1.10 bits per heavy atom. The molecule has 7 nitrogen and oxygen atoms in total. The second-order valence-corrected chi connectivity index (χ2v) is 7.15. The van der Waals surface area contributed by atoms with E-state index in [2.05, 4.69) is 15.5 Å². The zero-order valence-corrected chi connectivity index (χ0v) is 16.6. The van der Waals surface area contributed by atoms with Crippen molar-refractivity contribution in [1.82, 2.24) is 10.2 Å². The van der Waals surface area contributed by atoms with Gasteiger partial charge in [-0.15, -0.1) is 0 Å². The van der Waals surface area contributed by atoms with Gasteiger partial charge in [-0.2, -0.15) is 0 Å². The summed E-state index contributed by atoms with van der Waals surface area (Å²) in [6.07, 6.45) is 1.36. The first-order chi connectivity index (χ1) is 14.1. The molecule has 1 fully saturated rings. The van der Waals surface area contributed by atoms with E-state index in [9.17, 15) is 14.7 Å². The quantitative estimate of drug-likeness (QED) is 0.624. The molecule has 0 radical (unpaired) electrons. The van der Waals surface area contributed by atoms with Gasteiger partial charge in [0.2, 0.25) is 11.8 Å². The number of benzene rings is 2. The standard InChI is InChI=1S/C22H27N3O4/c1-29-20-9-5-2-6-17(20)14-23-21(27)15-25-12-10-16(11-13-25)22(28)24-18-7-3-4-8-19(18)26/h2-9,16,26H,10-15H2,1H3,(H,23,27)(H,24,28). The van der Waals surface area contributed by atoms with E-state index in [4.69, 9.17) is 4.74 Å². The van der Waals surface area contributed by atoms with E-state index >= 15 is 0 Å². The third kappa shape index (κ3) is 5.71. The second kappa shape index (κ2) is 9.93. The number of aromatic hydroxyl groups is 1. The predicted octanol–water partition coefficient (Wildman–Crippen LogP) is 2.37. The van der Waals surface area contributed by atoms with Crippen LogP contribution in [0.15, 0.2) is 48.5 Å². The van der Waals surface area contributed by atoms with Gasteiger partial charge in [0.1, 0.15) is 11.5 Å². The molecule has 29 heavy (non-hydrogen) atoms. The topological polar surface area (TPSA) is 90.9 Å². The van der Waals surface area contributed by atoms with Crippen molar-refractivity contribution in [2.24, 2.45) is 5.92 Å². The Bertz CT molecular complexity index is 847. The number of likely N-dealkylation sites (tertiary alicyclic amines) is 1. The molecule has 2 aromatic rings. The van der Waals surface area contributed by atoms with Gasteiger partial charge in [0, 0.05) is 18.0 Å². The van der Waals surface area contributed by atoms with E-state index in [0.29, 0.717) is 44.7 Å². The minimum Gasteiger partial charge on any atom is -0.506 e. The predicted molar refractivity (Wildman–Crippen MR) is 111 cm³/mol. The first kappa shape index (κ1) is 20.7. The molecule has 2 amide bonds. The highest BCUT2D eigenvalue weighted by atomic mass is 16.5. The largest absolute Gasteiger partial charge is 0.506 e. The van der Waals surface area contributed by atoms with Gasteiger partial charge >= 0.3 is 0 Å². The van der Waals surface area contributed by atoms with E-state index in [1.165, 1.54) is 0 Å². The fraction of sp³-hybridized carbons (Fsp3) is 0.364. The van der Waals surface area contributed by atoms with Crippen molar-refractivity contribution in [2.75, 3.05) is 32.1 Å². The van der Waals surface area contributed by atoms with Crippen molar-refractivity contribution in [1.29, 1.82) is 0 Å². The summed E-state index contributed by atoms with van der Waals surface area (Å²) < 4.78 is 5.30. The summed E-state index contributed by atoms with van der Waals surface area (Å²) in [6, 6.07) is 14.3. The Morgan fingerprint density at radius 3 is 2.52 bits per heavy atom. The molecule has 1 aliphatic heterocycles. The number of hydrogen-bond acceptors (Lipinski definition) is 5. The third-order valence-corrected chi connectivity index (χ3v) is 5.16. The van der Waals surface area contributed by atoms with Crippen molar-refractivity contribution < 1.29 is 19.4 Å². The number of rotatable bonds is 7. The summed E-state index contributed by atoms with van der Waals surface area (Å²) in [5.41, 5.74) is 1.36. The normalized spacial score (nSPS) is 14.9. The number of phenols is 1. The molecule has 0 spiro atoms. The van der Waals surface area contributed by atoms with Crippen LogP contribution >= 0.6 is 0 Å². The first-order valence-corrected chi connectivity index (χ1v) is 9.76. The van der Waals surface area contributed by atoms with Gasteiger partial charge in [-0.1, -0.05) is 30.3 Å². The fourth-order valence-corrected chi connectivity index (χ4v) is 3.47.